The Hall–Kier alpha value is -0.744. The second-order valence-electron chi connectivity index (χ2n) is 7.25. The molecule has 27 heavy (non-hydrogen) atoms. The first-order valence-electron chi connectivity index (χ1n) is 10.7. The summed E-state index contributed by atoms with van der Waals surface area (Å²) in [6.45, 7) is 2.70. The molecule has 152 valence electrons. The van der Waals surface area contributed by atoms with E-state index < -0.39 is 5.97 Å². The minimum atomic E-state index is -0.433. The number of carbonyl (C=O) groups is 1. The fraction of sp³-hybridized carbons (Fsp3) is 0.696. The van der Waals surface area contributed by atoms with Gasteiger partial charge in [0.25, 0.3) is 0 Å². The van der Waals surface area contributed by atoms with Crippen LogP contribution in [0.5, 0.6) is 5.75 Å². The van der Waals surface area contributed by atoms with Crippen LogP contribution in [0, 0.1) is 0 Å². The number of ether oxygens (including phenoxy) is 1. The number of benzene rings is 1. The molecule has 0 unspecified atom stereocenters. The van der Waals surface area contributed by atoms with E-state index >= 15 is 0 Å². The van der Waals surface area contributed by atoms with Gasteiger partial charge in [-0.25, -0.2) is 4.79 Å². The summed E-state index contributed by atoms with van der Waals surface area (Å²) in [5.41, 5.74) is 0.248. The van der Waals surface area contributed by atoms with E-state index in [1.165, 1.54) is 83.1 Å². The molecule has 0 atom stereocenters. The van der Waals surface area contributed by atoms with E-state index in [9.17, 15) is 9.90 Å². The zero-order chi connectivity index (χ0) is 18.9. The number of esters is 1. The van der Waals surface area contributed by atoms with Gasteiger partial charge < -0.3 is 12.7 Å². The van der Waals surface area contributed by atoms with Crippen LogP contribution in [-0.2, 0) is 4.74 Å². The maximum absolute atomic E-state index is 11.8. The molecule has 1 N–H and O–H groups in total. The summed E-state index contributed by atoms with van der Waals surface area (Å²) in [4.78, 5) is 11.8. The van der Waals surface area contributed by atoms with Crippen LogP contribution in [0.15, 0.2) is 24.3 Å². The molecule has 0 aliphatic heterocycles. The molecular weight excluding hydrogens is 349 g/mol. The first-order chi connectivity index (χ1) is 12.8. The number of hydrogen-bond acceptors (Lipinski definition) is 3. The number of para-hydroxylation sites is 1. The van der Waals surface area contributed by atoms with Crippen LogP contribution >= 0.6 is 0 Å². The van der Waals surface area contributed by atoms with Crippen LogP contribution in [0.2, 0.25) is 0 Å². The van der Waals surface area contributed by atoms with E-state index in [1.807, 2.05) is 0 Å². The first kappa shape index (κ1) is 26.3. The molecule has 1 aromatic carbocycles. The Balaban J connectivity index is -0.00000225. The van der Waals surface area contributed by atoms with Crippen LogP contribution in [-0.4, -0.2) is 40.7 Å². The van der Waals surface area contributed by atoms with Gasteiger partial charge in [-0.05, 0) is 18.6 Å². The Bertz CT molecular complexity index is 487. The molecular formula is C23H40MgO3. The zero-order valence-corrected chi connectivity index (χ0v) is 18.8. The molecule has 0 saturated carbocycles. The predicted octanol–water partition coefficient (Wildman–Crippen LogP) is 6.87. The zero-order valence-electron chi connectivity index (χ0n) is 19.4. The van der Waals surface area contributed by atoms with Crippen molar-refractivity contribution >= 4 is 29.0 Å². The number of phenols is 1. The number of hydrogen-bond donors (Lipinski definition) is 1. The van der Waals surface area contributed by atoms with Gasteiger partial charge in [-0.3, -0.25) is 0 Å². The number of aromatic hydroxyl groups is 1. The Morgan fingerprint density at radius 2 is 1.26 bits per heavy atom. The second-order valence-corrected chi connectivity index (χ2v) is 7.25. The molecule has 3 nitrogen and oxygen atoms in total. The normalized spacial score (nSPS) is 10.4. The fourth-order valence-corrected chi connectivity index (χ4v) is 3.19. The Morgan fingerprint density at radius 1 is 0.815 bits per heavy atom. The third-order valence-electron chi connectivity index (χ3n) is 4.86. The van der Waals surface area contributed by atoms with Gasteiger partial charge in [-0.1, -0.05) is 103 Å². The average molecular weight is 389 g/mol. The van der Waals surface area contributed by atoms with Crippen molar-refractivity contribution in [3.8, 4) is 5.75 Å². The van der Waals surface area contributed by atoms with Crippen molar-refractivity contribution < 1.29 is 17.5 Å². The molecule has 0 amide bonds. The van der Waals surface area contributed by atoms with E-state index in [-0.39, 0.29) is 37.2 Å². The van der Waals surface area contributed by atoms with Crippen molar-refractivity contribution in [3.63, 3.8) is 0 Å². The molecule has 1 rings (SSSR count). The molecule has 0 aliphatic carbocycles. The van der Waals surface area contributed by atoms with Crippen molar-refractivity contribution in [1.29, 1.82) is 0 Å². The topological polar surface area (TPSA) is 46.5 Å². The third-order valence-corrected chi connectivity index (χ3v) is 4.86. The van der Waals surface area contributed by atoms with Crippen molar-refractivity contribution in [2.45, 2.75) is 96.8 Å². The van der Waals surface area contributed by atoms with Crippen LogP contribution < -0.4 is 0 Å². The van der Waals surface area contributed by atoms with Gasteiger partial charge in [0.1, 0.15) is 11.3 Å². The van der Waals surface area contributed by atoms with Gasteiger partial charge in [-0.2, -0.15) is 0 Å². The molecule has 0 heterocycles. The molecule has 0 bridgehead atoms. The summed E-state index contributed by atoms with van der Waals surface area (Å²) in [6, 6.07) is 6.51. The molecule has 4 heteroatoms. The smallest absolute Gasteiger partial charge is 1.00 e. The minimum absolute atomic E-state index is 0. The van der Waals surface area contributed by atoms with Gasteiger partial charge >= 0.3 is 29.0 Å². The number of carbonyl (C=O) groups excluding carboxylic acids is 1. The standard InChI is InChI=1S/C23H38O3.Mg.2H/c1-2-3-4-5-6-7-8-9-10-11-12-13-14-17-20-26-23(25)21-18-15-16-19-22(21)24;;;/h15-16,18-19,24H,2-14,17,20H2,1H3;;;/q;+2;2*-1. The van der Waals surface area contributed by atoms with Gasteiger partial charge in [0.05, 0.1) is 6.61 Å². The SMILES string of the molecule is CCCCCCCCCCCCCCCCOC(=O)c1ccccc1O.[H-].[H-].[Mg+2]. The maximum atomic E-state index is 11.8. The maximum Gasteiger partial charge on any atom is 2.00 e. The second kappa shape index (κ2) is 18.6. The van der Waals surface area contributed by atoms with Gasteiger partial charge in [-0.15, -0.1) is 0 Å². The van der Waals surface area contributed by atoms with Gasteiger partial charge in [0.15, 0.2) is 0 Å². The molecule has 0 fully saturated rings. The quantitative estimate of drug-likeness (QED) is 0.191. The summed E-state index contributed by atoms with van der Waals surface area (Å²) in [5, 5.41) is 9.61. The average Bonchev–Trinajstić information content (AvgIpc) is 2.65. The van der Waals surface area contributed by atoms with E-state index in [2.05, 4.69) is 6.92 Å². The monoisotopic (exact) mass is 388 g/mol. The van der Waals surface area contributed by atoms with Crippen LogP contribution in [0.3, 0.4) is 0 Å². The first-order valence-corrected chi connectivity index (χ1v) is 10.7. The predicted molar refractivity (Wildman–Crippen MR) is 117 cm³/mol. The molecule has 0 aliphatic rings. The summed E-state index contributed by atoms with van der Waals surface area (Å²) in [5.74, 6) is -0.448. The van der Waals surface area contributed by atoms with E-state index in [4.69, 9.17) is 4.74 Å². The van der Waals surface area contributed by atoms with Crippen molar-refractivity contribution in [3.05, 3.63) is 29.8 Å². The number of unbranched alkanes of at least 4 members (excludes halogenated alkanes) is 13. The largest absolute Gasteiger partial charge is 2.00 e. The van der Waals surface area contributed by atoms with Gasteiger partial charge in [0.2, 0.25) is 0 Å². The van der Waals surface area contributed by atoms with Crippen molar-refractivity contribution in [1.82, 2.24) is 0 Å². The molecule has 0 spiro atoms. The minimum Gasteiger partial charge on any atom is -1.00 e. The van der Waals surface area contributed by atoms with Gasteiger partial charge in [0, 0.05) is 0 Å². The van der Waals surface area contributed by atoms with Crippen molar-refractivity contribution in [2.75, 3.05) is 6.61 Å². The summed E-state index contributed by atoms with van der Waals surface area (Å²) < 4.78 is 5.22. The summed E-state index contributed by atoms with van der Waals surface area (Å²) in [7, 11) is 0. The van der Waals surface area contributed by atoms with E-state index in [1.54, 1.807) is 18.2 Å². The van der Waals surface area contributed by atoms with Crippen LogP contribution in [0.4, 0.5) is 0 Å². The molecule has 1 aromatic rings. The summed E-state index contributed by atoms with van der Waals surface area (Å²) >= 11 is 0. The Labute approximate surface area is 185 Å². The van der Waals surface area contributed by atoms with E-state index in [0.29, 0.717) is 6.61 Å². The Kier molecular flexibility index (Phi) is 18.1. The van der Waals surface area contributed by atoms with Crippen LogP contribution in [0.1, 0.15) is 110 Å². The summed E-state index contributed by atoms with van der Waals surface area (Å²) in [6.07, 6.45) is 18.3. The Morgan fingerprint density at radius 3 is 1.74 bits per heavy atom. The number of rotatable bonds is 16. The fourth-order valence-electron chi connectivity index (χ4n) is 3.19. The molecule has 0 radical (unpaired) electrons. The van der Waals surface area contributed by atoms with Crippen LogP contribution in [0.25, 0.3) is 0 Å². The van der Waals surface area contributed by atoms with Crippen molar-refractivity contribution in [2.24, 2.45) is 0 Å². The number of phenolic OH excluding ortho intramolecular Hbond substituents is 1. The molecule has 0 saturated heterocycles. The third kappa shape index (κ3) is 14.0. The van der Waals surface area contributed by atoms with E-state index in [0.717, 1.165) is 12.8 Å². The molecule has 0 aromatic heterocycles.